The van der Waals surface area contributed by atoms with Gasteiger partial charge in [0.25, 0.3) is 0 Å². The van der Waals surface area contributed by atoms with Crippen LogP contribution in [0.4, 0.5) is 5.69 Å². The Labute approximate surface area is 159 Å². The molecule has 0 saturated heterocycles. The van der Waals surface area contributed by atoms with E-state index in [1.807, 2.05) is 32.0 Å². The first-order chi connectivity index (χ1) is 13.0. The summed E-state index contributed by atoms with van der Waals surface area (Å²) in [6.07, 6.45) is 0.224. The zero-order valence-corrected chi connectivity index (χ0v) is 15.9. The van der Waals surface area contributed by atoms with Crippen LogP contribution >= 0.6 is 0 Å². The lowest BCUT2D eigenvalue weighted by Gasteiger charge is -2.11. The Morgan fingerprint density at radius 2 is 1.81 bits per heavy atom. The maximum Gasteiger partial charge on any atom is 0.344 e. The van der Waals surface area contributed by atoms with Crippen LogP contribution < -0.4 is 14.8 Å². The number of nitrogens with one attached hydrogen (secondary N) is 1. The Balaban J connectivity index is 1.80. The van der Waals surface area contributed by atoms with Crippen LogP contribution in [0.5, 0.6) is 11.5 Å². The van der Waals surface area contributed by atoms with Gasteiger partial charge in [-0.3, -0.25) is 4.79 Å². The number of anilines is 1. The number of benzene rings is 2. The molecular formula is C21H25NO5. The van der Waals surface area contributed by atoms with Crippen LogP contribution in [0.2, 0.25) is 0 Å². The van der Waals surface area contributed by atoms with Crippen LogP contribution in [0.1, 0.15) is 24.5 Å². The third-order valence-corrected chi connectivity index (χ3v) is 3.92. The molecule has 144 valence electrons. The highest BCUT2D eigenvalue weighted by Gasteiger charge is 2.07. The van der Waals surface area contributed by atoms with E-state index in [0.717, 1.165) is 16.9 Å². The van der Waals surface area contributed by atoms with E-state index in [4.69, 9.17) is 14.2 Å². The van der Waals surface area contributed by atoms with Crippen molar-refractivity contribution in [2.75, 3.05) is 25.1 Å². The quantitative estimate of drug-likeness (QED) is 0.681. The molecule has 2 rings (SSSR count). The lowest BCUT2D eigenvalue weighted by atomic mass is 10.1. The minimum Gasteiger partial charge on any atom is -0.493 e. The lowest BCUT2D eigenvalue weighted by Crippen LogP contribution is -2.16. The van der Waals surface area contributed by atoms with Crippen molar-refractivity contribution in [3.05, 3.63) is 53.6 Å². The summed E-state index contributed by atoms with van der Waals surface area (Å²) in [5, 5.41) is 2.79. The van der Waals surface area contributed by atoms with Crippen molar-refractivity contribution in [1.82, 2.24) is 0 Å². The first-order valence-electron chi connectivity index (χ1n) is 8.87. The van der Waals surface area contributed by atoms with E-state index in [9.17, 15) is 9.59 Å². The molecule has 0 bridgehead atoms. The summed E-state index contributed by atoms with van der Waals surface area (Å²) in [6, 6.07) is 12.7. The molecule has 0 aliphatic carbocycles. The van der Waals surface area contributed by atoms with Gasteiger partial charge < -0.3 is 19.5 Å². The van der Waals surface area contributed by atoms with Crippen LogP contribution in [0, 0.1) is 13.8 Å². The molecule has 0 spiro atoms. The van der Waals surface area contributed by atoms with E-state index < -0.39 is 5.97 Å². The second-order valence-electron chi connectivity index (χ2n) is 5.97. The molecule has 27 heavy (non-hydrogen) atoms. The molecule has 0 aliphatic heterocycles. The van der Waals surface area contributed by atoms with Gasteiger partial charge in [-0.2, -0.15) is 0 Å². The summed E-state index contributed by atoms with van der Waals surface area (Å²) in [6.45, 7) is 6.17. The molecule has 6 nitrogen and oxygen atoms in total. The summed E-state index contributed by atoms with van der Waals surface area (Å²) >= 11 is 0. The molecule has 0 fully saturated rings. The maximum atomic E-state index is 12.1. The molecule has 2 aromatic carbocycles. The van der Waals surface area contributed by atoms with Gasteiger partial charge in [0.15, 0.2) is 6.61 Å². The molecule has 0 atom stereocenters. The Kier molecular flexibility index (Phi) is 7.67. The fourth-order valence-corrected chi connectivity index (χ4v) is 2.37. The summed E-state index contributed by atoms with van der Waals surface area (Å²) in [7, 11) is 0. The summed E-state index contributed by atoms with van der Waals surface area (Å²) in [5.41, 5.74) is 2.81. The molecule has 0 aromatic heterocycles. The highest BCUT2D eigenvalue weighted by Crippen LogP contribution is 2.21. The predicted molar refractivity (Wildman–Crippen MR) is 103 cm³/mol. The standard InChI is InChI=1S/C21H25NO5/c1-4-25-21(24)14-27-18-9-6-8-17(13-18)22-20(23)11-12-26-19-10-5-7-15(2)16(19)3/h5-10,13H,4,11-12,14H2,1-3H3,(H,22,23). The van der Waals surface area contributed by atoms with Gasteiger partial charge in [-0.25, -0.2) is 4.79 Å². The lowest BCUT2D eigenvalue weighted by molar-refractivity contribution is -0.145. The average Bonchev–Trinajstić information content (AvgIpc) is 2.64. The zero-order chi connectivity index (χ0) is 19.6. The Hall–Kier alpha value is -3.02. The van der Waals surface area contributed by atoms with E-state index in [0.29, 0.717) is 18.0 Å². The van der Waals surface area contributed by atoms with Crippen molar-refractivity contribution in [3.8, 4) is 11.5 Å². The zero-order valence-electron chi connectivity index (χ0n) is 15.9. The smallest absolute Gasteiger partial charge is 0.344 e. The number of amides is 1. The van der Waals surface area contributed by atoms with Crippen molar-refractivity contribution in [1.29, 1.82) is 0 Å². The second kappa shape index (κ2) is 10.2. The van der Waals surface area contributed by atoms with Crippen molar-refractivity contribution in [2.24, 2.45) is 0 Å². The number of esters is 1. The molecule has 2 aromatic rings. The minimum atomic E-state index is -0.435. The molecule has 0 radical (unpaired) electrons. The molecule has 0 saturated carbocycles. The van der Waals surface area contributed by atoms with E-state index in [1.54, 1.807) is 31.2 Å². The van der Waals surface area contributed by atoms with Gasteiger partial charge in [0.1, 0.15) is 11.5 Å². The third kappa shape index (κ3) is 6.66. The van der Waals surface area contributed by atoms with Gasteiger partial charge in [-0.1, -0.05) is 18.2 Å². The molecule has 6 heteroatoms. The van der Waals surface area contributed by atoms with Crippen molar-refractivity contribution in [2.45, 2.75) is 27.2 Å². The van der Waals surface area contributed by atoms with Crippen LogP contribution in [0.3, 0.4) is 0 Å². The van der Waals surface area contributed by atoms with Gasteiger partial charge in [-0.15, -0.1) is 0 Å². The molecule has 1 N–H and O–H groups in total. The van der Waals surface area contributed by atoms with E-state index in [-0.39, 0.29) is 25.5 Å². The van der Waals surface area contributed by atoms with Gasteiger partial charge in [0.05, 0.1) is 19.6 Å². The predicted octanol–water partition coefficient (Wildman–Crippen LogP) is 3.65. The normalized spacial score (nSPS) is 10.2. The van der Waals surface area contributed by atoms with Crippen LogP contribution in [-0.2, 0) is 14.3 Å². The van der Waals surface area contributed by atoms with Gasteiger partial charge >= 0.3 is 5.97 Å². The fraction of sp³-hybridized carbons (Fsp3) is 0.333. The van der Waals surface area contributed by atoms with Gasteiger partial charge in [0.2, 0.25) is 5.91 Å². The number of hydrogen-bond donors (Lipinski definition) is 1. The van der Waals surface area contributed by atoms with E-state index in [2.05, 4.69) is 5.32 Å². The fourth-order valence-electron chi connectivity index (χ4n) is 2.37. The third-order valence-electron chi connectivity index (χ3n) is 3.92. The highest BCUT2D eigenvalue weighted by atomic mass is 16.6. The van der Waals surface area contributed by atoms with Crippen molar-refractivity contribution >= 4 is 17.6 Å². The molecule has 0 unspecified atom stereocenters. The summed E-state index contributed by atoms with van der Waals surface area (Å²) in [4.78, 5) is 23.4. The van der Waals surface area contributed by atoms with E-state index in [1.165, 1.54) is 0 Å². The Morgan fingerprint density at radius 3 is 2.59 bits per heavy atom. The van der Waals surface area contributed by atoms with E-state index >= 15 is 0 Å². The number of carbonyl (C=O) groups is 2. The van der Waals surface area contributed by atoms with Crippen LogP contribution in [-0.4, -0.2) is 31.7 Å². The number of aryl methyl sites for hydroxylation is 1. The molecular weight excluding hydrogens is 346 g/mol. The van der Waals surface area contributed by atoms with Crippen molar-refractivity contribution in [3.63, 3.8) is 0 Å². The SMILES string of the molecule is CCOC(=O)COc1cccc(NC(=O)CCOc2cccc(C)c2C)c1. The number of rotatable bonds is 9. The number of ether oxygens (including phenoxy) is 3. The molecule has 1 amide bonds. The maximum absolute atomic E-state index is 12.1. The summed E-state index contributed by atoms with van der Waals surface area (Å²) in [5.74, 6) is 0.669. The first kappa shape index (κ1) is 20.3. The van der Waals surface area contributed by atoms with Gasteiger partial charge in [0, 0.05) is 11.8 Å². The monoisotopic (exact) mass is 371 g/mol. The number of carbonyl (C=O) groups excluding carboxylic acids is 2. The van der Waals surface area contributed by atoms with Crippen LogP contribution in [0.25, 0.3) is 0 Å². The van der Waals surface area contributed by atoms with Crippen LogP contribution in [0.15, 0.2) is 42.5 Å². The topological polar surface area (TPSA) is 73.9 Å². The summed E-state index contributed by atoms with van der Waals surface area (Å²) < 4.78 is 15.9. The van der Waals surface area contributed by atoms with Gasteiger partial charge in [-0.05, 0) is 50.1 Å². The van der Waals surface area contributed by atoms with Crippen molar-refractivity contribution < 1.29 is 23.8 Å². The largest absolute Gasteiger partial charge is 0.493 e. The highest BCUT2D eigenvalue weighted by molar-refractivity contribution is 5.91. The average molecular weight is 371 g/mol. The molecule has 0 heterocycles. The second-order valence-corrected chi connectivity index (χ2v) is 5.97. The molecule has 0 aliphatic rings. The minimum absolute atomic E-state index is 0.164. The Morgan fingerprint density at radius 1 is 1.04 bits per heavy atom. The number of hydrogen-bond acceptors (Lipinski definition) is 5. The first-order valence-corrected chi connectivity index (χ1v) is 8.87. The Bertz CT molecular complexity index is 788.